The number of rotatable bonds is 5. The van der Waals surface area contributed by atoms with E-state index in [0.29, 0.717) is 5.69 Å². The molecule has 1 rings (SSSR count). The first kappa shape index (κ1) is 16.1. The number of nitrogens with one attached hydrogen (secondary N) is 2. The Morgan fingerprint density at radius 2 is 2.05 bits per heavy atom. The fourth-order valence-electron chi connectivity index (χ4n) is 1.35. The summed E-state index contributed by atoms with van der Waals surface area (Å²) in [7, 11) is 0. The SMILES string of the molecule is Cc1nc(CNC(=O)NC(=O)CC(C)(C)C(=O)O)cs1. The summed E-state index contributed by atoms with van der Waals surface area (Å²) in [5, 5.41) is 16.2. The second-order valence-electron chi connectivity index (χ2n) is 4.95. The van der Waals surface area contributed by atoms with E-state index in [0.717, 1.165) is 5.01 Å². The van der Waals surface area contributed by atoms with Gasteiger partial charge in [0.05, 0.1) is 22.7 Å². The number of amides is 3. The molecule has 0 atom stereocenters. The van der Waals surface area contributed by atoms with E-state index >= 15 is 0 Å². The first-order valence-electron chi connectivity index (χ1n) is 5.93. The third-order valence-electron chi connectivity index (χ3n) is 2.53. The second kappa shape index (κ2) is 6.47. The predicted molar refractivity (Wildman–Crippen MR) is 73.3 cm³/mol. The molecule has 0 aromatic carbocycles. The third kappa shape index (κ3) is 4.96. The molecule has 0 saturated heterocycles. The summed E-state index contributed by atoms with van der Waals surface area (Å²) >= 11 is 1.47. The van der Waals surface area contributed by atoms with Crippen LogP contribution in [0.25, 0.3) is 0 Å². The minimum absolute atomic E-state index is 0.214. The highest BCUT2D eigenvalue weighted by Gasteiger charge is 2.30. The number of thiazole rings is 1. The number of aryl methyl sites for hydroxylation is 1. The third-order valence-corrected chi connectivity index (χ3v) is 3.35. The van der Waals surface area contributed by atoms with Crippen LogP contribution in [0.2, 0.25) is 0 Å². The minimum Gasteiger partial charge on any atom is -0.481 e. The summed E-state index contributed by atoms with van der Waals surface area (Å²) in [5.41, 5.74) is -0.503. The number of carbonyl (C=O) groups is 3. The van der Waals surface area contributed by atoms with Gasteiger partial charge >= 0.3 is 12.0 Å². The molecular formula is C12H17N3O4S. The van der Waals surface area contributed by atoms with Crippen molar-refractivity contribution in [3.8, 4) is 0 Å². The molecule has 20 heavy (non-hydrogen) atoms. The van der Waals surface area contributed by atoms with Gasteiger partial charge in [-0.2, -0.15) is 0 Å². The number of hydrogen-bond donors (Lipinski definition) is 3. The second-order valence-corrected chi connectivity index (χ2v) is 6.02. The molecular weight excluding hydrogens is 282 g/mol. The Labute approximate surface area is 120 Å². The Morgan fingerprint density at radius 3 is 2.55 bits per heavy atom. The lowest BCUT2D eigenvalue weighted by Gasteiger charge is -2.17. The van der Waals surface area contributed by atoms with Gasteiger partial charge in [-0.05, 0) is 20.8 Å². The van der Waals surface area contributed by atoms with Gasteiger partial charge in [-0.25, -0.2) is 9.78 Å². The number of carboxylic acid groups (broad SMARTS) is 1. The smallest absolute Gasteiger partial charge is 0.321 e. The molecule has 0 fully saturated rings. The number of nitrogens with zero attached hydrogens (tertiary/aromatic N) is 1. The van der Waals surface area contributed by atoms with E-state index in [-0.39, 0.29) is 13.0 Å². The molecule has 1 heterocycles. The van der Waals surface area contributed by atoms with Gasteiger partial charge in [-0.15, -0.1) is 11.3 Å². The van der Waals surface area contributed by atoms with Crippen molar-refractivity contribution in [3.63, 3.8) is 0 Å². The lowest BCUT2D eigenvalue weighted by molar-refractivity contribution is -0.149. The molecule has 0 aliphatic rings. The Kier molecular flexibility index (Phi) is 5.20. The van der Waals surface area contributed by atoms with Crippen molar-refractivity contribution in [2.45, 2.75) is 33.7 Å². The van der Waals surface area contributed by atoms with E-state index in [1.807, 2.05) is 12.3 Å². The fourth-order valence-corrected chi connectivity index (χ4v) is 1.96. The van der Waals surface area contributed by atoms with Gasteiger partial charge in [-0.1, -0.05) is 0 Å². The van der Waals surface area contributed by atoms with Crippen molar-refractivity contribution < 1.29 is 19.5 Å². The number of hydrogen-bond acceptors (Lipinski definition) is 5. The fraction of sp³-hybridized carbons (Fsp3) is 0.500. The molecule has 0 bridgehead atoms. The molecule has 3 amide bonds. The summed E-state index contributed by atoms with van der Waals surface area (Å²) in [6, 6.07) is -0.665. The average Bonchev–Trinajstić information content (AvgIpc) is 2.71. The van der Waals surface area contributed by atoms with Crippen molar-refractivity contribution in [1.82, 2.24) is 15.6 Å². The van der Waals surface area contributed by atoms with Crippen LogP contribution in [-0.4, -0.2) is 28.0 Å². The number of carbonyl (C=O) groups excluding carboxylic acids is 2. The topological polar surface area (TPSA) is 108 Å². The molecule has 0 saturated carbocycles. The van der Waals surface area contributed by atoms with Gasteiger partial charge in [-0.3, -0.25) is 14.9 Å². The zero-order chi connectivity index (χ0) is 15.3. The van der Waals surface area contributed by atoms with Gasteiger partial charge in [0, 0.05) is 11.8 Å². The van der Waals surface area contributed by atoms with Crippen LogP contribution < -0.4 is 10.6 Å². The molecule has 110 valence electrons. The Bertz CT molecular complexity index is 525. The summed E-state index contributed by atoms with van der Waals surface area (Å²) < 4.78 is 0. The molecule has 1 aromatic rings. The van der Waals surface area contributed by atoms with Crippen LogP contribution in [0, 0.1) is 12.3 Å². The molecule has 0 aliphatic carbocycles. The summed E-state index contributed by atoms with van der Waals surface area (Å²) in [6.07, 6.45) is -0.272. The zero-order valence-electron chi connectivity index (χ0n) is 11.5. The number of carboxylic acids is 1. The van der Waals surface area contributed by atoms with Crippen LogP contribution in [0.4, 0.5) is 4.79 Å². The standard InChI is InChI=1S/C12H17N3O4S/c1-7-14-8(6-20-7)5-13-11(19)15-9(16)4-12(2,3)10(17)18/h6H,4-5H2,1-3H3,(H,17,18)(H2,13,15,16,19). The van der Waals surface area contributed by atoms with E-state index in [1.165, 1.54) is 25.2 Å². The van der Waals surface area contributed by atoms with Crippen molar-refractivity contribution >= 4 is 29.2 Å². The van der Waals surface area contributed by atoms with Crippen LogP contribution in [0.15, 0.2) is 5.38 Å². The van der Waals surface area contributed by atoms with E-state index in [9.17, 15) is 14.4 Å². The highest BCUT2D eigenvalue weighted by Crippen LogP contribution is 2.19. The predicted octanol–water partition coefficient (Wildman–Crippen LogP) is 1.28. The zero-order valence-corrected chi connectivity index (χ0v) is 12.3. The van der Waals surface area contributed by atoms with Crippen LogP contribution in [0.3, 0.4) is 0 Å². The molecule has 0 aliphatic heterocycles. The first-order chi connectivity index (χ1) is 9.20. The van der Waals surface area contributed by atoms with Gasteiger partial charge < -0.3 is 10.4 Å². The maximum atomic E-state index is 11.5. The lowest BCUT2D eigenvalue weighted by Crippen LogP contribution is -2.41. The van der Waals surface area contributed by atoms with Gasteiger partial charge in [0.2, 0.25) is 5.91 Å². The van der Waals surface area contributed by atoms with E-state index < -0.39 is 23.3 Å². The Balaban J connectivity index is 2.39. The van der Waals surface area contributed by atoms with Gasteiger partial charge in [0.1, 0.15) is 0 Å². The molecule has 8 heteroatoms. The quantitative estimate of drug-likeness (QED) is 0.759. The first-order valence-corrected chi connectivity index (χ1v) is 6.81. The van der Waals surface area contributed by atoms with Gasteiger partial charge in [0.25, 0.3) is 0 Å². The molecule has 0 spiro atoms. The summed E-state index contributed by atoms with van der Waals surface area (Å²) in [5.74, 6) is -1.73. The van der Waals surface area contributed by atoms with Crippen molar-refractivity contribution in [2.75, 3.05) is 0 Å². The summed E-state index contributed by atoms with van der Waals surface area (Å²) in [4.78, 5) is 38.0. The van der Waals surface area contributed by atoms with Gasteiger partial charge in [0.15, 0.2) is 0 Å². The normalized spacial score (nSPS) is 10.9. The highest BCUT2D eigenvalue weighted by atomic mass is 32.1. The maximum Gasteiger partial charge on any atom is 0.321 e. The van der Waals surface area contributed by atoms with Crippen molar-refractivity contribution in [1.29, 1.82) is 0 Å². The van der Waals surface area contributed by atoms with Crippen molar-refractivity contribution in [2.24, 2.45) is 5.41 Å². The monoisotopic (exact) mass is 299 g/mol. The molecule has 7 nitrogen and oxygen atoms in total. The molecule has 0 unspecified atom stereocenters. The maximum absolute atomic E-state index is 11.5. The number of urea groups is 1. The molecule has 0 radical (unpaired) electrons. The van der Waals surface area contributed by atoms with E-state index in [2.05, 4.69) is 15.6 Å². The van der Waals surface area contributed by atoms with Crippen molar-refractivity contribution in [3.05, 3.63) is 16.1 Å². The molecule has 3 N–H and O–H groups in total. The van der Waals surface area contributed by atoms with Crippen LogP contribution in [0.5, 0.6) is 0 Å². The summed E-state index contributed by atoms with van der Waals surface area (Å²) in [6.45, 7) is 4.91. The average molecular weight is 299 g/mol. The Hall–Kier alpha value is -1.96. The highest BCUT2D eigenvalue weighted by molar-refractivity contribution is 7.09. The van der Waals surface area contributed by atoms with Crippen LogP contribution >= 0.6 is 11.3 Å². The van der Waals surface area contributed by atoms with Crippen LogP contribution in [-0.2, 0) is 16.1 Å². The number of aliphatic carboxylic acids is 1. The minimum atomic E-state index is -1.21. The largest absolute Gasteiger partial charge is 0.481 e. The number of imide groups is 1. The molecule has 1 aromatic heterocycles. The van der Waals surface area contributed by atoms with E-state index in [4.69, 9.17) is 5.11 Å². The Morgan fingerprint density at radius 1 is 1.40 bits per heavy atom. The number of aromatic nitrogens is 1. The van der Waals surface area contributed by atoms with E-state index in [1.54, 1.807) is 0 Å². The lowest BCUT2D eigenvalue weighted by atomic mass is 9.89. The van der Waals surface area contributed by atoms with Crippen LogP contribution in [0.1, 0.15) is 31.0 Å².